The molecule has 84 valence electrons. The highest BCUT2D eigenvalue weighted by molar-refractivity contribution is 5.15. The topological polar surface area (TPSA) is 32.3 Å². The third-order valence-corrected chi connectivity index (χ3v) is 2.27. The van der Waals surface area contributed by atoms with Gasteiger partial charge in [0.05, 0.1) is 5.60 Å². The molecule has 1 atom stereocenters. The molecule has 0 amide bonds. The van der Waals surface area contributed by atoms with E-state index in [4.69, 9.17) is 0 Å². The summed E-state index contributed by atoms with van der Waals surface area (Å²) in [5, 5.41) is 12.9. The average Bonchev–Trinajstić information content (AvgIpc) is 2.15. The predicted octanol–water partition coefficient (Wildman–Crippen LogP) is 1.98. The molecule has 0 heterocycles. The molecule has 0 aliphatic heterocycles. The quantitative estimate of drug-likeness (QED) is 0.774. The van der Waals surface area contributed by atoms with E-state index >= 15 is 0 Å². The molecule has 0 spiro atoms. The number of benzene rings is 1. The van der Waals surface area contributed by atoms with E-state index in [-0.39, 0.29) is 0 Å². The summed E-state index contributed by atoms with van der Waals surface area (Å²) in [6.07, 6.45) is 0.997. The molecule has 0 bridgehead atoms. The maximum Gasteiger partial charge on any atom is 0.0715 e. The lowest BCUT2D eigenvalue weighted by atomic mass is 10.1. The van der Waals surface area contributed by atoms with Crippen molar-refractivity contribution in [2.75, 3.05) is 6.54 Å². The summed E-state index contributed by atoms with van der Waals surface area (Å²) in [7, 11) is 0. The van der Waals surface area contributed by atoms with Gasteiger partial charge in [0.2, 0.25) is 0 Å². The first-order valence-electron chi connectivity index (χ1n) is 5.47. The molecular weight excluding hydrogens is 186 g/mol. The minimum Gasteiger partial charge on any atom is -0.389 e. The maximum atomic E-state index is 9.57. The summed E-state index contributed by atoms with van der Waals surface area (Å²) in [5.74, 6) is 0. The SMILES string of the molecule is CC(Cc1ccccc1)NCC(C)(C)O. The smallest absolute Gasteiger partial charge is 0.0715 e. The largest absolute Gasteiger partial charge is 0.389 e. The molecule has 1 rings (SSSR count). The zero-order chi connectivity index (χ0) is 11.3. The summed E-state index contributed by atoms with van der Waals surface area (Å²) in [5.41, 5.74) is 0.693. The van der Waals surface area contributed by atoms with Crippen molar-refractivity contribution < 1.29 is 5.11 Å². The lowest BCUT2D eigenvalue weighted by Crippen LogP contribution is -2.40. The molecule has 0 aromatic heterocycles. The molecule has 1 aromatic carbocycles. The van der Waals surface area contributed by atoms with E-state index in [1.54, 1.807) is 0 Å². The highest BCUT2D eigenvalue weighted by atomic mass is 16.3. The standard InChI is InChI=1S/C13H21NO/c1-11(14-10-13(2,3)15)9-12-7-5-4-6-8-12/h4-8,11,14-15H,9-10H2,1-3H3. The Balaban J connectivity index is 2.34. The normalized spacial score (nSPS) is 13.9. The summed E-state index contributed by atoms with van der Waals surface area (Å²) in [6.45, 7) is 6.39. The van der Waals surface area contributed by atoms with Crippen molar-refractivity contribution in [3.63, 3.8) is 0 Å². The second kappa shape index (κ2) is 5.29. The molecule has 2 nitrogen and oxygen atoms in total. The Kier molecular flexibility index (Phi) is 4.30. The van der Waals surface area contributed by atoms with Crippen molar-refractivity contribution in [2.45, 2.75) is 38.8 Å². The summed E-state index contributed by atoms with van der Waals surface area (Å²) in [4.78, 5) is 0. The molecule has 1 unspecified atom stereocenters. The molecule has 0 radical (unpaired) electrons. The second-order valence-corrected chi connectivity index (χ2v) is 4.78. The number of hydrogen-bond donors (Lipinski definition) is 2. The van der Waals surface area contributed by atoms with E-state index in [0.29, 0.717) is 12.6 Å². The van der Waals surface area contributed by atoms with Gasteiger partial charge in [-0.3, -0.25) is 0 Å². The Labute approximate surface area is 92.3 Å². The van der Waals surface area contributed by atoms with E-state index in [9.17, 15) is 5.11 Å². The van der Waals surface area contributed by atoms with E-state index in [1.165, 1.54) is 5.56 Å². The molecular formula is C13H21NO. The minimum absolute atomic E-state index is 0.388. The first kappa shape index (κ1) is 12.2. The van der Waals surface area contributed by atoms with Gasteiger partial charge in [-0.1, -0.05) is 30.3 Å². The number of hydrogen-bond acceptors (Lipinski definition) is 2. The Morgan fingerprint density at radius 1 is 1.27 bits per heavy atom. The van der Waals surface area contributed by atoms with E-state index in [2.05, 4.69) is 36.5 Å². The zero-order valence-corrected chi connectivity index (χ0v) is 9.83. The highest BCUT2D eigenvalue weighted by Gasteiger charge is 2.13. The van der Waals surface area contributed by atoms with Gasteiger partial charge in [-0.2, -0.15) is 0 Å². The van der Waals surface area contributed by atoms with E-state index in [0.717, 1.165) is 6.42 Å². The molecule has 15 heavy (non-hydrogen) atoms. The average molecular weight is 207 g/mol. The van der Waals surface area contributed by atoms with E-state index < -0.39 is 5.60 Å². The van der Waals surface area contributed by atoms with Crippen molar-refractivity contribution in [1.29, 1.82) is 0 Å². The monoisotopic (exact) mass is 207 g/mol. The minimum atomic E-state index is -0.634. The van der Waals surface area contributed by atoms with Crippen LogP contribution in [0.1, 0.15) is 26.3 Å². The first-order valence-corrected chi connectivity index (χ1v) is 5.47. The predicted molar refractivity (Wildman–Crippen MR) is 63.9 cm³/mol. The fraction of sp³-hybridized carbons (Fsp3) is 0.538. The third-order valence-electron chi connectivity index (χ3n) is 2.27. The van der Waals surface area contributed by atoms with Crippen LogP contribution in [0.3, 0.4) is 0 Å². The van der Waals surface area contributed by atoms with Crippen LogP contribution in [0, 0.1) is 0 Å². The van der Waals surface area contributed by atoms with Crippen molar-refractivity contribution in [3.05, 3.63) is 35.9 Å². The molecule has 0 aliphatic rings. The van der Waals surface area contributed by atoms with Crippen LogP contribution in [0.25, 0.3) is 0 Å². The van der Waals surface area contributed by atoms with Gasteiger partial charge < -0.3 is 10.4 Å². The van der Waals surface area contributed by atoms with E-state index in [1.807, 2.05) is 19.9 Å². The number of nitrogens with one attached hydrogen (secondary N) is 1. The van der Waals surface area contributed by atoms with Gasteiger partial charge in [-0.05, 0) is 32.8 Å². The molecule has 1 aromatic rings. The van der Waals surface area contributed by atoms with Crippen LogP contribution in [-0.2, 0) is 6.42 Å². The van der Waals surface area contributed by atoms with Crippen molar-refractivity contribution in [3.8, 4) is 0 Å². The van der Waals surface area contributed by atoms with Crippen LogP contribution in [0.5, 0.6) is 0 Å². The Morgan fingerprint density at radius 2 is 1.87 bits per heavy atom. The van der Waals surface area contributed by atoms with Crippen LogP contribution >= 0.6 is 0 Å². The van der Waals surface area contributed by atoms with Crippen LogP contribution in [0.4, 0.5) is 0 Å². The number of aliphatic hydroxyl groups is 1. The van der Waals surface area contributed by atoms with Crippen LogP contribution in [0.15, 0.2) is 30.3 Å². The Morgan fingerprint density at radius 3 is 2.40 bits per heavy atom. The van der Waals surface area contributed by atoms with Gasteiger partial charge >= 0.3 is 0 Å². The van der Waals surface area contributed by atoms with Crippen LogP contribution in [-0.4, -0.2) is 23.3 Å². The fourth-order valence-electron chi connectivity index (χ4n) is 1.46. The van der Waals surface area contributed by atoms with Crippen LogP contribution in [0.2, 0.25) is 0 Å². The Hall–Kier alpha value is -0.860. The van der Waals surface area contributed by atoms with Gasteiger partial charge in [0.25, 0.3) is 0 Å². The maximum absolute atomic E-state index is 9.57. The molecule has 2 heteroatoms. The van der Waals surface area contributed by atoms with Crippen molar-refractivity contribution >= 4 is 0 Å². The van der Waals surface area contributed by atoms with Crippen molar-refractivity contribution in [1.82, 2.24) is 5.32 Å². The molecule has 0 saturated carbocycles. The van der Waals surface area contributed by atoms with Gasteiger partial charge in [0.15, 0.2) is 0 Å². The molecule has 2 N–H and O–H groups in total. The summed E-state index contributed by atoms with van der Waals surface area (Å²) < 4.78 is 0. The fourth-order valence-corrected chi connectivity index (χ4v) is 1.46. The third kappa shape index (κ3) is 5.55. The first-order chi connectivity index (χ1) is 6.97. The van der Waals surface area contributed by atoms with Gasteiger partial charge in [0, 0.05) is 12.6 Å². The van der Waals surface area contributed by atoms with Crippen molar-refractivity contribution in [2.24, 2.45) is 0 Å². The lowest BCUT2D eigenvalue weighted by Gasteiger charge is -2.21. The van der Waals surface area contributed by atoms with Gasteiger partial charge in [0.1, 0.15) is 0 Å². The zero-order valence-electron chi connectivity index (χ0n) is 9.83. The van der Waals surface area contributed by atoms with Crippen LogP contribution < -0.4 is 5.32 Å². The highest BCUT2D eigenvalue weighted by Crippen LogP contribution is 2.04. The lowest BCUT2D eigenvalue weighted by molar-refractivity contribution is 0.0770. The summed E-state index contributed by atoms with van der Waals surface area (Å²) >= 11 is 0. The summed E-state index contributed by atoms with van der Waals surface area (Å²) in [6, 6.07) is 10.8. The molecule has 0 aliphatic carbocycles. The Bertz CT molecular complexity index is 276. The second-order valence-electron chi connectivity index (χ2n) is 4.78. The molecule has 0 fully saturated rings. The van der Waals surface area contributed by atoms with Gasteiger partial charge in [-0.15, -0.1) is 0 Å². The number of rotatable bonds is 5. The molecule has 0 saturated heterocycles. The van der Waals surface area contributed by atoms with Gasteiger partial charge in [-0.25, -0.2) is 0 Å².